The van der Waals surface area contributed by atoms with Crippen molar-refractivity contribution in [2.45, 2.75) is 25.4 Å². The van der Waals surface area contributed by atoms with E-state index in [0.29, 0.717) is 23.5 Å². The molecule has 5 rings (SSSR count). The third-order valence-electron chi connectivity index (χ3n) is 6.63. The van der Waals surface area contributed by atoms with E-state index in [1.807, 2.05) is 66.4 Å². The van der Waals surface area contributed by atoms with Crippen LogP contribution in [0.5, 0.6) is 5.75 Å². The molecule has 3 aromatic carbocycles. The summed E-state index contributed by atoms with van der Waals surface area (Å²) in [6.45, 7) is 2.02. The molecule has 0 N–H and O–H groups in total. The van der Waals surface area contributed by atoms with Crippen molar-refractivity contribution < 1.29 is 18.7 Å². The molecule has 0 aliphatic carbocycles. The maximum absolute atomic E-state index is 14.0. The Kier molecular flexibility index (Phi) is 6.90. The highest BCUT2D eigenvalue weighted by Crippen LogP contribution is 2.43. The van der Waals surface area contributed by atoms with E-state index in [0.717, 1.165) is 16.9 Å². The third-order valence-corrected chi connectivity index (χ3v) is 6.63. The van der Waals surface area contributed by atoms with E-state index in [2.05, 4.69) is 0 Å². The normalized spacial score (nSPS) is 16.9. The van der Waals surface area contributed by atoms with Gasteiger partial charge < -0.3 is 19.0 Å². The molecule has 2 heterocycles. The predicted molar refractivity (Wildman–Crippen MR) is 145 cm³/mol. The van der Waals surface area contributed by atoms with Crippen molar-refractivity contribution in [1.82, 2.24) is 0 Å². The first-order chi connectivity index (χ1) is 18.1. The molecule has 1 aliphatic rings. The zero-order valence-electron chi connectivity index (χ0n) is 20.8. The van der Waals surface area contributed by atoms with Gasteiger partial charge in [0.05, 0.1) is 19.4 Å². The van der Waals surface area contributed by atoms with Crippen molar-refractivity contribution in [3.8, 4) is 5.75 Å². The molecule has 6 heteroatoms. The second-order valence-corrected chi connectivity index (χ2v) is 8.96. The maximum Gasteiger partial charge on any atom is 0.258 e. The summed E-state index contributed by atoms with van der Waals surface area (Å²) in [5, 5.41) is 0. The van der Waals surface area contributed by atoms with Crippen LogP contribution >= 0.6 is 0 Å². The molecule has 0 saturated heterocycles. The van der Waals surface area contributed by atoms with Gasteiger partial charge >= 0.3 is 0 Å². The van der Waals surface area contributed by atoms with Crippen LogP contribution in [0.2, 0.25) is 0 Å². The van der Waals surface area contributed by atoms with E-state index in [4.69, 9.17) is 9.15 Å². The number of amides is 2. The van der Waals surface area contributed by atoms with Crippen LogP contribution in [0.3, 0.4) is 0 Å². The van der Waals surface area contributed by atoms with Crippen LogP contribution in [0.1, 0.15) is 41.1 Å². The van der Waals surface area contributed by atoms with E-state index in [1.165, 1.54) is 6.08 Å². The molecule has 0 bridgehead atoms. The average molecular weight is 493 g/mol. The highest BCUT2D eigenvalue weighted by Gasteiger charge is 2.38. The number of carbonyl (C=O) groups excluding carboxylic acids is 2. The van der Waals surface area contributed by atoms with Gasteiger partial charge in [-0.1, -0.05) is 36.4 Å². The number of hydrogen-bond donors (Lipinski definition) is 0. The van der Waals surface area contributed by atoms with Crippen molar-refractivity contribution in [3.05, 3.63) is 120 Å². The molecule has 0 saturated carbocycles. The van der Waals surface area contributed by atoms with E-state index in [9.17, 15) is 9.59 Å². The molecule has 0 spiro atoms. The summed E-state index contributed by atoms with van der Waals surface area (Å²) in [5.74, 6) is 1.06. The first-order valence-electron chi connectivity index (χ1n) is 12.2. The summed E-state index contributed by atoms with van der Waals surface area (Å²) in [6.07, 6.45) is 5.36. The van der Waals surface area contributed by atoms with Crippen molar-refractivity contribution in [2.24, 2.45) is 0 Å². The Balaban J connectivity index is 1.54. The van der Waals surface area contributed by atoms with Gasteiger partial charge in [-0.2, -0.15) is 0 Å². The van der Waals surface area contributed by atoms with E-state index >= 15 is 0 Å². The molecule has 2 atom stereocenters. The van der Waals surface area contributed by atoms with Crippen molar-refractivity contribution in [3.63, 3.8) is 0 Å². The lowest BCUT2D eigenvalue weighted by Gasteiger charge is -2.43. The number of rotatable bonds is 6. The van der Waals surface area contributed by atoms with Crippen LogP contribution in [0, 0.1) is 0 Å². The van der Waals surface area contributed by atoms with Crippen molar-refractivity contribution >= 4 is 29.3 Å². The van der Waals surface area contributed by atoms with E-state index < -0.39 is 0 Å². The van der Waals surface area contributed by atoms with Gasteiger partial charge in [-0.05, 0) is 79.6 Å². The van der Waals surface area contributed by atoms with Gasteiger partial charge in [-0.15, -0.1) is 0 Å². The number of para-hydroxylation sites is 2. The Morgan fingerprint density at radius 1 is 0.946 bits per heavy atom. The molecule has 1 aliphatic heterocycles. The molecule has 0 fully saturated rings. The molecule has 2 unspecified atom stereocenters. The lowest BCUT2D eigenvalue weighted by atomic mass is 9.89. The zero-order valence-corrected chi connectivity index (χ0v) is 20.8. The number of methoxy groups -OCH3 is 1. The van der Waals surface area contributed by atoms with Gasteiger partial charge in [0, 0.05) is 29.1 Å². The van der Waals surface area contributed by atoms with Gasteiger partial charge in [0.2, 0.25) is 0 Å². The summed E-state index contributed by atoms with van der Waals surface area (Å²) in [6, 6.07) is 27.8. The zero-order chi connectivity index (χ0) is 25.8. The van der Waals surface area contributed by atoms with Crippen LogP contribution in [-0.4, -0.2) is 25.0 Å². The fraction of sp³-hybridized carbons (Fsp3) is 0.161. The smallest absolute Gasteiger partial charge is 0.258 e. The van der Waals surface area contributed by atoms with Crippen LogP contribution in [0.4, 0.5) is 11.4 Å². The Morgan fingerprint density at radius 2 is 1.68 bits per heavy atom. The molecule has 6 nitrogen and oxygen atoms in total. The van der Waals surface area contributed by atoms with Crippen LogP contribution in [-0.2, 0) is 4.79 Å². The van der Waals surface area contributed by atoms with Gasteiger partial charge in [-0.25, -0.2) is 0 Å². The topological polar surface area (TPSA) is 63.0 Å². The second-order valence-electron chi connectivity index (χ2n) is 8.96. The second kappa shape index (κ2) is 10.6. The average Bonchev–Trinajstić information content (AvgIpc) is 3.46. The van der Waals surface area contributed by atoms with Crippen LogP contribution in [0.25, 0.3) is 6.08 Å². The minimum absolute atomic E-state index is 0.113. The lowest BCUT2D eigenvalue weighted by molar-refractivity contribution is -0.114. The standard InChI is InChI=1S/C31H28N2O4/c1-22-21-29(27-12-6-7-13-28(27)32(22)30(34)19-18-26-11-8-20-37-26)33(24-9-4-3-5-10-24)31(35)23-14-16-25(36-2)17-15-23/h3-20,22,29H,21H2,1-2H3. The number of ether oxygens (including phenoxy) is 1. The Hall–Kier alpha value is -4.58. The SMILES string of the molecule is COc1ccc(C(=O)N(c2ccccc2)C2CC(C)N(C(=O)C=Cc3ccco3)c3ccccc32)cc1. The molecular formula is C31H28N2O4. The monoisotopic (exact) mass is 492 g/mol. The van der Waals surface area contributed by atoms with Gasteiger partial charge in [0.1, 0.15) is 11.5 Å². The van der Waals surface area contributed by atoms with E-state index in [-0.39, 0.29) is 23.9 Å². The molecule has 4 aromatic rings. The highest BCUT2D eigenvalue weighted by molar-refractivity contribution is 6.08. The van der Waals surface area contributed by atoms with E-state index in [1.54, 1.807) is 60.7 Å². The minimum Gasteiger partial charge on any atom is -0.497 e. The Morgan fingerprint density at radius 3 is 2.38 bits per heavy atom. The minimum atomic E-state index is -0.263. The van der Waals surface area contributed by atoms with Gasteiger partial charge in [0.25, 0.3) is 11.8 Å². The number of carbonyl (C=O) groups is 2. The van der Waals surface area contributed by atoms with Crippen molar-refractivity contribution in [1.29, 1.82) is 0 Å². The summed E-state index contributed by atoms with van der Waals surface area (Å²) in [4.78, 5) is 31.0. The summed E-state index contributed by atoms with van der Waals surface area (Å²) in [7, 11) is 1.60. The Bertz CT molecular complexity index is 1390. The quantitative estimate of drug-likeness (QED) is 0.288. The molecule has 37 heavy (non-hydrogen) atoms. The van der Waals surface area contributed by atoms with Crippen LogP contribution < -0.4 is 14.5 Å². The Labute approximate surface area is 216 Å². The molecule has 2 amide bonds. The van der Waals surface area contributed by atoms with Crippen LogP contribution in [0.15, 0.2) is 108 Å². The summed E-state index contributed by atoms with van der Waals surface area (Å²) >= 11 is 0. The molecule has 0 radical (unpaired) electrons. The van der Waals surface area contributed by atoms with Gasteiger partial charge in [0.15, 0.2) is 0 Å². The van der Waals surface area contributed by atoms with Gasteiger partial charge in [-0.3, -0.25) is 9.59 Å². The summed E-state index contributed by atoms with van der Waals surface area (Å²) < 4.78 is 10.6. The predicted octanol–water partition coefficient (Wildman–Crippen LogP) is 6.51. The fourth-order valence-corrected chi connectivity index (χ4v) is 4.88. The number of hydrogen-bond acceptors (Lipinski definition) is 4. The number of furan rings is 1. The number of anilines is 2. The first kappa shape index (κ1) is 24.1. The molecule has 1 aromatic heterocycles. The van der Waals surface area contributed by atoms with Crippen molar-refractivity contribution in [2.75, 3.05) is 16.9 Å². The number of nitrogens with zero attached hydrogens (tertiary/aromatic N) is 2. The molecule has 186 valence electrons. The third kappa shape index (κ3) is 4.91. The summed E-state index contributed by atoms with van der Waals surface area (Å²) in [5.41, 5.74) is 3.08. The number of benzene rings is 3. The first-order valence-corrected chi connectivity index (χ1v) is 12.2. The fourth-order valence-electron chi connectivity index (χ4n) is 4.88. The number of fused-ring (bicyclic) bond motifs is 1. The maximum atomic E-state index is 14.0. The highest BCUT2D eigenvalue weighted by atomic mass is 16.5. The molecular weight excluding hydrogens is 464 g/mol. The largest absolute Gasteiger partial charge is 0.497 e. The lowest BCUT2D eigenvalue weighted by Crippen LogP contribution is -2.47.